The van der Waals surface area contributed by atoms with Crippen LogP contribution in [0.4, 0.5) is 4.39 Å². The van der Waals surface area contributed by atoms with Gasteiger partial charge in [-0.05, 0) is 43.6 Å². The predicted octanol–water partition coefficient (Wildman–Crippen LogP) is 1.42. The second-order valence-electron chi connectivity index (χ2n) is 6.46. The molecule has 6 heteroatoms. The molecule has 2 fully saturated rings. The van der Waals surface area contributed by atoms with Gasteiger partial charge in [0.25, 0.3) is 0 Å². The molecule has 122 valence electrons. The van der Waals surface area contributed by atoms with Crippen LogP contribution in [0.2, 0.25) is 0 Å². The van der Waals surface area contributed by atoms with Crippen molar-refractivity contribution in [2.24, 2.45) is 5.92 Å². The minimum absolute atomic E-state index is 0.0126. The molecule has 2 unspecified atom stereocenters. The van der Waals surface area contributed by atoms with Crippen molar-refractivity contribution >= 4 is 5.91 Å². The molecule has 0 spiro atoms. The van der Waals surface area contributed by atoms with E-state index < -0.39 is 0 Å². The smallest absolute Gasteiger partial charge is 0.247 e. The van der Waals surface area contributed by atoms with Crippen molar-refractivity contribution in [1.82, 2.24) is 21.1 Å². The van der Waals surface area contributed by atoms with Gasteiger partial charge in [-0.3, -0.25) is 9.80 Å². The Morgan fingerprint density at radius 1 is 1.13 bits per heavy atom. The summed E-state index contributed by atoms with van der Waals surface area (Å²) in [6.45, 7) is 1.98. The Kier molecular flexibility index (Phi) is 3.79. The molecular formula is C17H21FN4O. The molecule has 0 bridgehead atoms. The van der Waals surface area contributed by atoms with E-state index in [-0.39, 0.29) is 23.9 Å². The number of carbonyl (C=O) groups excluding carboxylic acids is 1. The number of nitrogens with zero attached hydrogens (tertiary/aromatic N) is 1. The molecule has 0 aromatic heterocycles. The molecule has 3 aliphatic rings. The van der Waals surface area contributed by atoms with Gasteiger partial charge in [0, 0.05) is 24.1 Å². The summed E-state index contributed by atoms with van der Waals surface area (Å²) in [4.78, 5) is 12.0. The molecule has 1 amide bonds. The zero-order valence-electron chi connectivity index (χ0n) is 12.9. The molecule has 0 saturated carbocycles. The summed E-state index contributed by atoms with van der Waals surface area (Å²) in [5.41, 5.74) is 5.63. The molecule has 1 aromatic carbocycles. The second-order valence-corrected chi connectivity index (χ2v) is 6.46. The highest BCUT2D eigenvalue weighted by atomic mass is 19.1. The van der Waals surface area contributed by atoms with E-state index in [9.17, 15) is 9.18 Å². The molecule has 2 atom stereocenters. The number of piperidine rings is 1. The average Bonchev–Trinajstić information content (AvgIpc) is 2.99. The van der Waals surface area contributed by atoms with Crippen molar-refractivity contribution < 1.29 is 9.18 Å². The fourth-order valence-corrected chi connectivity index (χ4v) is 3.76. The van der Waals surface area contributed by atoms with Crippen LogP contribution in [-0.2, 0) is 4.79 Å². The van der Waals surface area contributed by atoms with Gasteiger partial charge in [-0.2, -0.15) is 0 Å². The summed E-state index contributed by atoms with van der Waals surface area (Å²) < 4.78 is 13.1. The minimum Gasteiger partial charge on any atom is -0.331 e. The van der Waals surface area contributed by atoms with E-state index in [0.29, 0.717) is 5.92 Å². The fraction of sp³-hybridized carbons (Fsp3) is 0.471. The number of hydrogen-bond donors (Lipinski definition) is 3. The molecule has 3 aliphatic heterocycles. The standard InChI is InChI=1S/C17H21FN4O/c18-13-3-1-11(2-4-13)14-9-16-20-17(23)10-15(22(16)21-14)12-5-7-19-8-6-12/h1-4,10,12,14,16,19,21H,5-9H2,(H,20,23). The van der Waals surface area contributed by atoms with Crippen LogP contribution in [0.3, 0.4) is 0 Å². The van der Waals surface area contributed by atoms with Crippen LogP contribution in [-0.4, -0.2) is 30.2 Å². The van der Waals surface area contributed by atoms with Crippen molar-refractivity contribution in [3.05, 3.63) is 47.4 Å². The van der Waals surface area contributed by atoms with Crippen LogP contribution in [0.15, 0.2) is 36.0 Å². The van der Waals surface area contributed by atoms with E-state index in [1.165, 1.54) is 12.1 Å². The summed E-state index contributed by atoms with van der Waals surface area (Å²) >= 11 is 0. The first-order valence-electron chi connectivity index (χ1n) is 8.24. The highest BCUT2D eigenvalue weighted by Gasteiger charge is 2.39. The largest absolute Gasteiger partial charge is 0.331 e. The van der Waals surface area contributed by atoms with Gasteiger partial charge in [0.15, 0.2) is 0 Å². The Balaban J connectivity index is 1.56. The number of amides is 1. The molecule has 5 nitrogen and oxygen atoms in total. The molecule has 0 radical (unpaired) electrons. The summed E-state index contributed by atoms with van der Waals surface area (Å²) in [7, 11) is 0. The topological polar surface area (TPSA) is 56.4 Å². The predicted molar refractivity (Wildman–Crippen MR) is 84.3 cm³/mol. The summed E-state index contributed by atoms with van der Waals surface area (Å²) in [5.74, 6) is 0.165. The maximum Gasteiger partial charge on any atom is 0.247 e. The zero-order valence-corrected chi connectivity index (χ0v) is 12.9. The lowest BCUT2D eigenvalue weighted by Crippen LogP contribution is -2.52. The third-order valence-corrected chi connectivity index (χ3v) is 4.96. The molecule has 2 saturated heterocycles. The van der Waals surface area contributed by atoms with E-state index >= 15 is 0 Å². The number of hydrogen-bond acceptors (Lipinski definition) is 4. The average molecular weight is 316 g/mol. The highest BCUT2D eigenvalue weighted by Crippen LogP contribution is 2.35. The SMILES string of the molecule is O=C1C=C(C2CCNCC2)N2NC(c3ccc(F)cc3)CC2N1. The van der Waals surface area contributed by atoms with Gasteiger partial charge in [0.2, 0.25) is 5.91 Å². The normalized spacial score (nSPS) is 28.3. The van der Waals surface area contributed by atoms with Gasteiger partial charge in [-0.1, -0.05) is 12.1 Å². The number of benzene rings is 1. The molecule has 0 aliphatic carbocycles. The number of allylic oxidation sites excluding steroid dienone is 1. The van der Waals surface area contributed by atoms with Gasteiger partial charge in [0.05, 0.1) is 6.04 Å². The second kappa shape index (κ2) is 5.94. The van der Waals surface area contributed by atoms with Crippen molar-refractivity contribution in [2.75, 3.05) is 13.1 Å². The molecule has 23 heavy (non-hydrogen) atoms. The summed E-state index contributed by atoms with van der Waals surface area (Å²) in [5, 5.41) is 8.50. The van der Waals surface area contributed by atoms with Gasteiger partial charge >= 0.3 is 0 Å². The summed E-state index contributed by atoms with van der Waals surface area (Å²) in [6, 6.07) is 6.67. The van der Waals surface area contributed by atoms with Gasteiger partial charge in [-0.25, -0.2) is 9.82 Å². The monoisotopic (exact) mass is 316 g/mol. The number of nitrogens with one attached hydrogen (secondary N) is 3. The van der Waals surface area contributed by atoms with E-state index in [2.05, 4.69) is 21.1 Å². The zero-order chi connectivity index (χ0) is 15.8. The first kappa shape index (κ1) is 14.7. The Morgan fingerprint density at radius 2 is 1.87 bits per heavy atom. The van der Waals surface area contributed by atoms with Gasteiger partial charge in [-0.15, -0.1) is 0 Å². The first-order chi connectivity index (χ1) is 11.2. The van der Waals surface area contributed by atoms with Crippen LogP contribution >= 0.6 is 0 Å². The molecule has 4 rings (SSSR count). The van der Waals surface area contributed by atoms with Crippen LogP contribution < -0.4 is 16.1 Å². The van der Waals surface area contributed by atoms with Crippen molar-refractivity contribution in [2.45, 2.75) is 31.5 Å². The quantitative estimate of drug-likeness (QED) is 0.772. The molecule has 1 aromatic rings. The van der Waals surface area contributed by atoms with Crippen molar-refractivity contribution in [3.63, 3.8) is 0 Å². The first-order valence-corrected chi connectivity index (χ1v) is 8.24. The minimum atomic E-state index is -0.229. The Hall–Kier alpha value is -1.92. The van der Waals surface area contributed by atoms with E-state index in [1.54, 1.807) is 18.2 Å². The maximum atomic E-state index is 13.1. The number of carbonyl (C=O) groups is 1. The Bertz CT molecular complexity index is 624. The van der Waals surface area contributed by atoms with Gasteiger partial charge < -0.3 is 10.6 Å². The lowest BCUT2D eigenvalue weighted by molar-refractivity contribution is -0.119. The van der Waals surface area contributed by atoms with E-state index in [1.807, 2.05) is 0 Å². The third-order valence-electron chi connectivity index (χ3n) is 4.96. The fourth-order valence-electron chi connectivity index (χ4n) is 3.76. The van der Waals surface area contributed by atoms with Crippen molar-refractivity contribution in [1.29, 1.82) is 0 Å². The number of hydrazine groups is 1. The summed E-state index contributed by atoms with van der Waals surface area (Å²) in [6.07, 6.45) is 4.57. The van der Waals surface area contributed by atoms with Crippen LogP contribution in [0.25, 0.3) is 0 Å². The number of rotatable bonds is 2. The Labute approximate surface area is 134 Å². The maximum absolute atomic E-state index is 13.1. The number of fused-ring (bicyclic) bond motifs is 1. The van der Waals surface area contributed by atoms with Gasteiger partial charge in [0.1, 0.15) is 12.0 Å². The van der Waals surface area contributed by atoms with Crippen LogP contribution in [0.5, 0.6) is 0 Å². The third kappa shape index (κ3) is 2.84. The molecule has 3 heterocycles. The van der Waals surface area contributed by atoms with E-state index in [0.717, 1.165) is 43.6 Å². The highest BCUT2D eigenvalue weighted by molar-refractivity contribution is 5.89. The lowest BCUT2D eigenvalue weighted by atomic mass is 9.92. The number of halogens is 1. The van der Waals surface area contributed by atoms with E-state index in [4.69, 9.17) is 0 Å². The lowest BCUT2D eigenvalue weighted by Gasteiger charge is -2.38. The van der Waals surface area contributed by atoms with Crippen LogP contribution in [0, 0.1) is 11.7 Å². The molecular weight excluding hydrogens is 295 g/mol. The van der Waals surface area contributed by atoms with Crippen LogP contribution in [0.1, 0.15) is 30.9 Å². The molecule has 3 N–H and O–H groups in total. The Morgan fingerprint density at radius 3 is 2.61 bits per heavy atom. The van der Waals surface area contributed by atoms with Crippen molar-refractivity contribution in [3.8, 4) is 0 Å².